The van der Waals surface area contributed by atoms with Gasteiger partial charge in [-0.1, -0.05) is 30.3 Å². The van der Waals surface area contributed by atoms with E-state index >= 15 is 0 Å². The van der Waals surface area contributed by atoms with Crippen LogP contribution in [0.4, 0.5) is 18.0 Å². The van der Waals surface area contributed by atoms with Crippen LogP contribution in [0, 0.1) is 0 Å². The maximum atomic E-state index is 11.9. The molecule has 1 rings (SSSR count). The maximum Gasteiger partial charge on any atom is 0.422 e. The Labute approximate surface area is 112 Å². The van der Waals surface area contributed by atoms with Gasteiger partial charge in [-0.15, -0.1) is 0 Å². The smallest absolute Gasteiger partial charge is 0.422 e. The number of carbonyl (C=O) groups excluding carboxylic acids is 2. The van der Waals surface area contributed by atoms with Crippen molar-refractivity contribution in [3.05, 3.63) is 35.9 Å². The molecule has 1 unspecified atom stereocenters. The number of ether oxygens (including phenoxy) is 2. The fourth-order valence-electron chi connectivity index (χ4n) is 1.35. The number of benzene rings is 1. The lowest BCUT2D eigenvalue weighted by Crippen LogP contribution is -2.36. The number of alkyl halides is 3. The van der Waals surface area contributed by atoms with Crippen LogP contribution >= 0.6 is 0 Å². The van der Waals surface area contributed by atoms with Crippen LogP contribution in [0.3, 0.4) is 0 Å². The van der Waals surface area contributed by atoms with E-state index in [-0.39, 0.29) is 0 Å². The molecule has 110 valence electrons. The van der Waals surface area contributed by atoms with Gasteiger partial charge in [0.05, 0.1) is 7.11 Å². The zero-order chi connectivity index (χ0) is 15.2. The number of alkyl carbamates (subject to hydrolysis) is 1. The molecule has 0 radical (unpaired) electrons. The van der Waals surface area contributed by atoms with Crippen LogP contribution in [0.15, 0.2) is 30.3 Å². The summed E-state index contributed by atoms with van der Waals surface area (Å²) < 4.78 is 44.2. The summed E-state index contributed by atoms with van der Waals surface area (Å²) in [7, 11) is 1.10. The van der Waals surface area contributed by atoms with E-state index in [4.69, 9.17) is 0 Å². The van der Waals surface area contributed by atoms with E-state index in [0.717, 1.165) is 7.11 Å². The highest BCUT2D eigenvalue weighted by molar-refractivity contribution is 5.82. The van der Waals surface area contributed by atoms with Crippen molar-refractivity contribution in [3.63, 3.8) is 0 Å². The van der Waals surface area contributed by atoms with Gasteiger partial charge in [-0.3, -0.25) is 0 Å². The van der Waals surface area contributed by atoms with E-state index in [1.54, 1.807) is 18.2 Å². The van der Waals surface area contributed by atoms with E-state index in [1.165, 1.54) is 12.1 Å². The van der Waals surface area contributed by atoms with Gasteiger partial charge >= 0.3 is 18.2 Å². The Kier molecular flexibility index (Phi) is 5.36. The third kappa shape index (κ3) is 5.17. The van der Waals surface area contributed by atoms with Gasteiger partial charge in [-0.05, 0) is 5.56 Å². The van der Waals surface area contributed by atoms with Crippen LogP contribution in [-0.4, -0.2) is 32.0 Å². The summed E-state index contributed by atoms with van der Waals surface area (Å²) in [6.45, 7) is -1.73. The summed E-state index contributed by atoms with van der Waals surface area (Å²) in [6, 6.07) is 6.70. The van der Waals surface area contributed by atoms with Gasteiger partial charge in [0, 0.05) is 0 Å². The molecule has 1 N–H and O–H groups in total. The summed E-state index contributed by atoms with van der Waals surface area (Å²) in [5, 5.41) is 2.02. The maximum absolute atomic E-state index is 11.9. The molecule has 0 heterocycles. The van der Waals surface area contributed by atoms with Crippen LogP contribution in [-0.2, 0) is 14.3 Å². The predicted octanol–water partition coefficient (Wildman–Crippen LogP) is 2.19. The normalized spacial score (nSPS) is 12.4. The van der Waals surface area contributed by atoms with Crippen LogP contribution in [0.25, 0.3) is 0 Å². The van der Waals surface area contributed by atoms with Crippen molar-refractivity contribution in [2.45, 2.75) is 12.2 Å². The van der Waals surface area contributed by atoms with Gasteiger partial charge in [0.2, 0.25) is 0 Å². The van der Waals surface area contributed by atoms with Gasteiger partial charge in [0.15, 0.2) is 12.6 Å². The molecular formula is C12H12F3NO4. The van der Waals surface area contributed by atoms with Crippen LogP contribution < -0.4 is 5.32 Å². The molecule has 20 heavy (non-hydrogen) atoms. The molecule has 0 spiro atoms. The summed E-state index contributed by atoms with van der Waals surface area (Å²) in [6.07, 6.45) is -5.99. The van der Waals surface area contributed by atoms with Crippen molar-refractivity contribution in [2.24, 2.45) is 0 Å². The molecule has 5 nitrogen and oxygen atoms in total. The van der Waals surface area contributed by atoms with Gasteiger partial charge in [-0.25, -0.2) is 9.59 Å². The first-order valence-electron chi connectivity index (χ1n) is 5.46. The van der Waals surface area contributed by atoms with Crippen molar-refractivity contribution in [1.82, 2.24) is 5.32 Å². The van der Waals surface area contributed by atoms with Crippen molar-refractivity contribution in [1.29, 1.82) is 0 Å². The molecule has 0 bridgehead atoms. The minimum Gasteiger partial charge on any atom is -0.467 e. The van der Waals surface area contributed by atoms with E-state index in [9.17, 15) is 22.8 Å². The first-order chi connectivity index (χ1) is 9.33. The number of rotatable bonds is 4. The number of hydrogen-bond acceptors (Lipinski definition) is 4. The molecular weight excluding hydrogens is 279 g/mol. The topological polar surface area (TPSA) is 64.6 Å². The molecule has 0 fully saturated rings. The number of methoxy groups -OCH3 is 1. The van der Waals surface area contributed by atoms with Crippen LogP contribution in [0.5, 0.6) is 0 Å². The van der Waals surface area contributed by atoms with Crippen molar-refractivity contribution < 1.29 is 32.2 Å². The van der Waals surface area contributed by atoms with E-state index in [2.05, 4.69) is 9.47 Å². The predicted molar refractivity (Wildman–Crippen MR) is 61.7 cm³/mol. The first-order valence-corrected chi connectivity index (χ1v) is 5.46. The average Bonchev–Trinajstić information content (AvgIpc) is 2.42. The molecule has 1 aromatic carbocycles. The van der Waals surface area contributed by atoms with Crippen molar-refractivity contribution in [2.75, 3.05) is 13.7 Å². The number of amides is 1. The van der Waals surface area contributed by atoms with Crippen molar-refractivity contribution in [3.8, 4) is 0 Å². The van der Waals surface area contributed by atoms with Gasteiger partial charge in [0.25, 0.3) is 0 Å². The second-order valence-electron chi connectivity index (χ2n) is 3.70. The van der Waals surface area contributed by atoms with E-state index in [1.807, 2.05) is 5.32 Å². The van der Waals surface area contributed by atoms with Crippen molar-refractivity contribution >= 4 is 12.1 Å². The number of hydrogen-bond donors (Lipinski definition) is 1. The van der Waals surface area contributed by atoms with Gasteiger partial charge in [0.1, 0.15) is 0 Å². The second-order valence-corrected chi connectivity index (χ2v) is 3.70. The fraction of sp³-hybridized carbons (Fsp3) is 0.333. The molecule has 1 atom stereocenters. The zero-order valence-electron chi connectivity index (χ0n) is 10.4. The highest BCUT2D eigenvalue weighted by Gasteiger charge is 2.31. The van der Waals surface area contributed by atoms with Gasteiger partial charge in [-0.2, -0.15) is 13.2 Å². The minimum atomic E-state index is -4.63. The third-order valence-electron chi connectivity index (χ3n) is 2.20. The lowest BCUT2D eigenvalue weighted by Gasteiger charge is -2.17. The minimum absolute atomic E-state index is 0.364. The summed E-state index contributed by atoms with van der Waals surface area (Å²) in [4.78, 5) is 22.8. The molecule has 8 heteroatoms. The molecule has 1 aromatic rings. The molecule has 0 saturated carbocycles. The van der Waals surface area contributed by atoms with E-state index < -0.39 is 30.9 Å². The summed E-state index contributed by atoms with van der Waals surface area (Å²) >= 11 is 0. The number of esters is 1. The average molecular weight is 291 g/mol. The van der Waals surface area contributed by atoms with E-state index in [0.29, 0.717) is 5.56 Å². The highest BCUT2D eigenvalue weighted by atomic mass is 19.4. The fourth-order valence-corrected chi connectivity index (χ4v) is 1.35. The van der Waals surface area contributed by atoms with Gasteiger partial charge < -0.3 is 14.8 Å². The Balaban J connectivity index is 2.72. The third-order valence-corrected chi connectivity index (χ3v) is 2.20. The molecule has 1 amide bonds. The number of nitrogens with one attached hydrogen (secondary N) is 1. The Morgan fingerprint density at radius 1 is 1.25 bits per heavy atom. The molecule has 0 aliphatic heterocycles. The van der Waals surface area contributed by atoms with Crippen LogP contribution in [0.2, 0.25) is 0 Å². The summed E-state index contributed by atoms with van der Waals surface area (Å²) in [5.41, 5.74) is 0.364. The van der Waals surface area contributed by atoms with Crippen LogP contribution in [0.1, 0.15) is 11.6 Å². The largest absolute Gasteiger partial charge is 0.467 e. The molecule has 0 saturated heterocycles. The Bertz CT molecular complexity index is 462. The SMILES string of the molecule is COC(=O)C(NC(=O)OCC(F)(F)F)c1ccccc1. The lowest BCUT2D eigenvalue weighted by molar-refractivity contribution is -0.160. The number of halogens is 3. The second kappa shape index (κ2) is 6.78. The molecule has 0 aliphatic carbocycles. The molecule has 0 aliphatic rings. The number of carbonyl (C=O) groups is 2. The summed E-state index contributed by atoms with van der Waals surface area (Å²) in [5.74, 6) is -0.819. The molecule has 0 aromatic heterocycles. The quantitative estimate of drug-likeness (QED) is 0.864. The Hall–Kier alpha value is -2.25. The highest BCUT2D eigenvalue weighted by Crippen LogP contribution is 2.16. The monoisotopic (exact) mass is 291 g/mol. The lowest BCUT2D eigenvalue weighted by atomic mass is 10.1. The zero-order valence-corrected chi connectivity index (χ0v) is 10.4. The Morgan fingerprint density at radius 3 is 2.35 bits per heavy atom. The first kappa shape index (κ1) is 15.8. The Morgan fingerprint density at radius 2 is 1.85 bits per heavy atom. The standard InChI is InChI=1S/C12H12F3NO4/c1-19-10(17)9(8-5-3-2-4-6-8)16-11(18)20-7-12(13,14)15/h2-6,9H,7H2,1H3,(H,16,18).